The number of hydrogen-bond acceptors (Lipinski definition) is 12. The van der Waals surface area contributed by atoms with Gasteiger partial charge in [-0.2, -0.15) is 5.10 Å². The molecule has 8 heterocycles. The third-order valence-electron chi connectivity index (χ3n) is 16.2. The lowest BCUT2D eigenvalue weighted by Gasteiger charge is -2.45. The second kappa shape index (κ2) is 19.8. The van der Waals surface area contributed by atoms with Gasteiger partial charge in [-0.05, 0) is 131 Å². The molecule has 5 saturated heterocycles. The van der Waals surface area contributed by atoms with E-state index in [-0.39, 0.29) is 24.9 Å². The molecule has 1 unspecified atom stereocenters. The van der Waals surface area contributed by atoms with Crippen LogP contribution in [0.2, 0.25) is 0 Å². The maximum atomic E-state index is 13.8. The van der Waals surface area contributed by atoms with Crippen molar-refractivity contribution in [2.75, 3.05) is 88.8 Å². The molecule has 7 amide bonds. The summed E-state index contributed by atoms with van der Waals surface area (Å²) < 4.78 is 8.04. The lowest BCUT2D eigenvalue weighted by molar-refractivity contribution is -0.136. The van der Waals surface area contributed by atoms with Crippen LogP contribution >= 0.6 is 0 Å². The Hall–Kier alpha value is -6.79. The first kappa shape index (κ1) is 46.6. The molecular formula is C53H63N11O7. The molecule has 7 aliphatic heterocycles. The number of imide groups is 2. The molecule has 372 valence electrons. The van der Waals surface area contributed by atoms with Crippen molar-refractivity contribution in [3.05, 3.63) is 89.5 Å². The standard InChI is InChI=1S/C53H63N11O7/c54-48(66)46-47(36-6-9-40(10-7-36)71-39-4-2-1-3-5-39)57-64-43(14-21-55-49(46)64)35-17-24-59(25-18-35)37-19-26-61(27-20-37)53(70)62-30-28-58(29-31-62)33-34-15-22-60(23-16-34)38-8-11-41-42(32-38)52(69)63(51(41)68)44-12-13-45(65)56-50(44)67/h1-11,32,34-35,37,43-44,55H,12-31,33H2,(H2,54,66)(H,56,65,67)/t43-,44?/m0/s1. The Morgan fingerprint density at radius 1 is 0.704 bits per heavy atom. The van der Waals surface area contributed by atoms with E-state index in [0.29, 0.717) is 51.8 Å². The third kappa shape index (κ3) is 9.34. The molecule has 5 fully saturated rings. The molecule has 71 heavy (non-hydrogen) atoms. The summed E-state index contributed by atoms with van der Waals surface area (Å²) in [6, 6.07) is 22.4. The number of urea groups is 1. The van der Waals surface area contributed by atoms with Crippen molar-refractivity contribution in [2.24, 2.45) is 17.6 Å². The van der Waals surface area contributed by atoms with Crippen molar-refractivity contribution >= 4 is 47.1 Å². The Kier molecular flexibility index (Phi) is 13.0. The van der Waals surface area contributed by atoms with Gasteiger partial charge in [-0.1, -0.05) is 18.2 Å². The number of carbonyl (C=O) groups excluding carboxylic acids is 6. The first-order valence-corrected chi connectivity index (χ1v) is 25.7. The molecule has 7 aliphatic rings. The normalized spacial score (nSPS) is 23.1. The van der Waals surface area contributed by atoms with E-state index in [1.165, 1.54) is 0 Å². The molecule has 0 radical (unpaired) electrons. The summed E-state index contributed by atoms with van der Waals surface area (Å²) in [6.45, 7) is 10.2. The first-order chi connectivity index (χ1) is 34.6. The molecule has 0 spiro atoms. The number of nitrogens with two attached hydrogens (primary N) is 1. The average molecular weight is 966 g/mol. The van der Waals surface area contributed by atoms with Crippen molar-refractivity contribution in [1.29, 1.82) is 0 Å². The predicted octanol–water partition coefficient (Wildman–Crippen LogP) is 5.03. The molecule has 3 aromatic carbocycles. The summed E-state index contributed by atoms with van der Waals surface area (Å²) in [4.78, 5) is 90.0. The highest BCUT2D eigenvalue weighted by molar-refractivity contribution is 6.23. The van der Waals surface area contributed by atoms with Gasteiger partial charge in [-0.15, -0.1) is 0 Å². The highest BCUT2D eigenvalue weighted by Crippen LogP contribution is 2.41. The zero-order chi connectivity index (χ0) is 48.8. The minimum absolute atomic E-state index is 0.0896. The molecule has 18 heteroatoms. The lowest BCUT2D eigenvalue weighted by atomic mass is 9.85. The summed E-state index contributed by atoms with van der Waals surface area (Å²) in [5.74, 6) is 0.651. The largest absolute Gasteiger partial charge is 0.457 e. The van der Waals surface area contributed by atoms with Crippen LogP contribution in [0.5, 0.6) is 11.5 Å². The number of benzene rings is 3. The summed E-state index contributed by atoms with van der Waals surface area (Å²) in [7, 11) is 0. The fraction of sp³-hybridized carbons (Fsp3) is 0.491. The number of nitrogens with zero attached hydrogens (tertiary/aromatic N) is 8. The number of ether oxygens (including phenoxy) is 1. The molecule has 0 saturated carbocycles. The van der Waals surface area contributed by atoms with E-state index < -0.39 is 35.6 Å². The van der Waals surface area contributed by atoms with E-state index in [4.69, 9.17) is 15.6 Å². The SMILES string of the molecule is NC(=O)c1c(-c2ccc(Oc3ccccc3)cc2)nn2c1NCC[C@H]2C1CCN(C2CCN(C(=O)N3CCN(CC4CCN(c5ccc6c(c5)C(=O)N(C5CCC(=O)NC5=O)C6=O)CC4)CC3)CC2)CC1. The number of anilines is 2. The number of carbonyl (C=O) groups is 6. The highest BCUT2D eigenvalue weighted by Gasteiger charge is 2.45. The Balaban J connectivity index is 0.614. The summed E-state index contributed by atoms with van der Waals surface area (Å²) in [6.07, 6.45) is 7.22. The average Bonchev–Trinajstić information content (AvgIpc) is 3.91. The number of para-hydroxylation sites is 1. The van der Waals surface area contributed by atoms with Crippen molar-refractivity contribution < 1.29 is 33.5 Å². The zero-order valence-electron chi connectivity index (χ0n) is 40.2. The van der Waals surface area contributed by atoms with Crippen LogP contribution in [-0.4, -0.2) is 160 Å². The van der Waals surface area contributed by atoms with Crippen LogP contribution < -0.4 is 26.0 Å². The summed E-state index contributed by atoms with van der Waals surface area (Å²) in [5, 5.41) is 10.8. The van der Waals surface area contributed by atoms with E-state index in [9.17, 15) is 28.8 Å². The smallest absolute Gasteiger partial charge is 0.320 e. The topological polar surface area (TPSA) is 199 Å². The number of nitrogens with one attached hydrogen (secondary N) is 2. The van der Waals surface area contributed by atoms with Gasteiger partial charge in [0.15, 0.2) is 0 Å². The summed E-state index contributed by atoms with van der Waals surface area (Å²) in [5.41, 5.74) is 9.35. The molecule has 18 nitrogen and oxygen atoms in total. The van der Waals surface area contributed by atoms with Gasteiger partial charge in [-0.25, -0.2) is 9.48 Å². The van der Waals surface area contributed by atoms with E-state index in [2.05, 4.69) is 30.2 Å². The Bertz CT molecular complexity index is 2680. The number of piperidine rings is 4. The van der Waals surface area contributed by atoms with Gasteiger partial charge in [0.1, 0.15) is 34.6 Å². The number of likely N-dealkylation sites (tertiary alicyclic amines) is 2. The van der Waals surface area contributed by atoms with Crippen molar-refractivity contribution in [3.63, 3.8) is 0 Å². The van der Waals surface area contributed by atoms with E-state index in [1.54, 1.807) is 12.1 Å². The van der Waals surface area contributed by atoms with Gasteiger partial charge in [-0.3, -0.25) is 39.1 Å². The molecule has 0 aliphatic carbocycles. The van der Waals surface area contributed by atoms with Crippen LogP contribution in [0.1, 0.15) is 94.9 Å². The number of amides is 7. The first-order valence-electron chi connectivity index (χ1n) is 25.7. The zero-order valence-corrected chi connectivity index (χ0v) is 40.2. The molecule has 4 aromatic rings. The number of piperazine rings is 1. The highest BCUT2D eigenvalue weighted by atomic mass is 16.5. The molecule has 4 N–H and O–H groups in total. The molecule has 2 atom stereocenters. The van der Waals surface area contributed by atoms with Crippen LogP contribution in [0.4, 0.5) is 16.3 Å². The molecule has 1 aromatic heterocycles. The predicted molar refractivity (Wildman–Crippen MR) is 265 cm³/mol. The molecular weight excluding hydrogens is 903 g/mol. The minimum Gasteiger partial charge on any atom is -0.457 e. The van der Waals surface area contributed by atoms with E-state index in [0.717, 1.165) is 145 Å². The van der Waals surface area contributed by atoms with Crippen molar-refractivity contribution in [3.8, 4) is 22.8 Å². The lowest BCUT2D eigenvalue weighted by Crippen LogP contribution is -2.56. The summed E-state index contributed by atoms with van der Waals surface area (Å²) >= 11 is 0. The quantitative estimate of drug-likeness (QED) is 0.180. The van der Waals surface area contributed by atoms with Crippen molar-refractivity contribution in [1.82, 2.24) is 39.6 Å². The number of rotatable bonds is 10. The second-order valence-electron chi connectivity index (χ2n) is 20.4. The van der Waals surface area contributed by atoms with Gasteiger partial charge in [0, 0.05) is 89.2 Å². The monoisotopic (exact) mass is 965 g/mol. The number of primary amides is 1. The van der Waals surface area contributed by atoms with Crippen LogP contribution in [-0.2, 0) is 9.59 Å². The van der Waals surface area contributed by atoms with Gasteiger partial charge in [0.25, 0.3) is 17.7 Å². The fourth-order valence-corrected chi connectivity index (χ4v) is 12.3. The van der Waals surface area contributed by atoms with Crippen molar-refractivity contribution in [2.45, 2.75) is 75.9 Å². The van der Waals surface area contributed by atoms with Gasteiger partial charge < -0.3 is 35.4 Å². The van der Waals surface area contributed by atoms with Gasteiger partial charge in [0.2, 0.25) is 11.8 Å². The Morgan fingerprint density at radius 3 is 2.10 bits per heavy atom. The fourth-order valence-electron chi connectivity index (χ4n) is 12.3. The van der Waals surface area contributed by atoms with Crippen LogP contribution in [0.15, 0.2) is 72.8 Å². The minimum atomic E-state index is -0.977. The van der Waals surface area contributed by atoms with Crippen LogP contribution in [0, 0.1) is 11.8 Å². The van der Waals surface area contributed by atoms with Gasteiger partial charge in [0.05, 0.1) is 17.2 Å². The third-order valence-corrected chi connectivity index (χ3v) is 16.2. The number of aromatic nitrogens is 2. The maximum Gasteiger partial charge on any atom is 0.320 e. The van der Waals surface area contributed by atoms with Gasteiger partial charge >= 0.3 is 6.03 Å². The second-order valence-corrected chi connectivity index (χ2v) is 20.4. The number of hydrogen-bond donors (Lipinski definition) is 3. The Labute approximate surface area is 413 Å². The number of fused-ring (bicyclic) bond motifs is 2. The van der Waals surface area contributed by atoms with E-state index >= 15 is 0 Å². The molecule has 11 rings (SSSR count). The van der Waals surface area contributed by atoms with Crippen LogP contribution in [0.25, 0.3) is 11.3 Å². The Morgan fingerprint density at radius 2 is 1.39 bits per heavy atom. The van der Waals surface area contributed by atoms with E-state index in [1.807, 2.05) is 70.2 Å². The maximum absolute atomic E-state index is 13.8. The van der Waals surface area contributed by atoms with Crippen LogP contribution in [0.3, 0.4) is 0 Å². The molecule has 0 bridgehead atoms.